The van der Waals surface area contributed by atoms with Crippen molar-refractivity contribution in [1.82, 2.24) is 4.31 Å². The molecule has 0 aromatic carbocycles. The molecule has 0 saturated carbocycles. The molecule has 13 heavy (non-hydrogen) atoms. The lowest BCUT2D eigenvalue weighted by Crippen LogP contribution is -2.32. The Bertz CT molecular complexity index is 219. The Kier molecular flexibility index (Phi) is 3.74. The standard InChI is InChI=1S/C8H13NO3S/c1-6(10)13-9-5-3-4-7(9)8(11)12-2/h7H,3-5H2,1-2H3. The van der Waals surface area contributed by atoms with Crippen LogP contribution in [0.15, 0.2) is 0 Å². The lowest BCUT2D eigenvalue weighted by atomic mass is 10.2. The highest BCUT2D eigenvalue weighted by Crippen LogP contribution is 2.26. The molecule has 0 bridgehead atoms. The van der Waals surface area contributed by atoms with E-state index >= 15 is 0 Å². The monoisotopic (exact) mass is 203 g/mol. The Hall–Kier alpha value is -0.550. The van der Waals surface area contributed by atoms with E-state index in [4.69, 9.17) is 0 Å². The molecule has 0 spiro atoms. The van der Waals surface area contributed by atoms with Gasteiger partial charge in [-0.25, -0.2) is 4.31 Å². The fourth-order valence-corrected chi connectivity index (χ4v) is 2.26. The molecule has 4 nitrogen and oxygen atoms in total. The normalized spacial score (nSPS) is 23.1. The minimum atomic E-state index is -0.244. The molecule has 0 aromatic heterocycles. The Balaban J connectivity index is 2.53. The van der Waals surface area contributed by atoms with Crippen LogP contribution in [-0.4, -0.2) is 35.1 Å². The van der Waals surface area contributed by atoms with E-state index in [1.807, 2.05) is 0 Å². The van der Waals surface area contributed by atoms with Gasteiger partial charge in [-0.2, -0.15) is 0 Å². The maximum Gasteiger partial charge on any atom is 0.324 e. The summed E-state index contributed by atoms with van der Waals surface area (Å²) in [6, 6.07) is -0.237. The fraction of sp³-hybridized carbons (Fsp3) is 0.750. The molecule has 0 aromatic rings. The molecule has 1 fully saturated rings. The van der Waals surface area contributed by atoms with E-state index in [2.05, 4.69) is 4.74 Å². The van der Waals surface area contributed by atoms with E-state index in [-0.39, 0.29) is 17.1 Å². The minimum absolute atomic E-state index is 0.0100. The van der Waals surface area contributed by atoms with E-state index in [0.29, 0.717) is 0 Å². The number of hydrogen-bond acceptors (Lipinski definition) is 5. The maximum atomic E-state index is 11.2. The summed E-state index contributed by atoms with van der Waals surface area (Å²) >= 11 is 1.11. The zero-order valence-electron chi connectivity index (χ0n) is 7.78. The third-order valence-corrected chi connectivity index (χ3v) is 2.85. The fourth-order valence-electron chi connectivity index (χ4n) is 1.39. The molecule has 1 aliphatic heterocycles. The molecule has 74 valence electrons. The van der Waals surface area contributed by atoms with Crippen LogP contribution in [0.25, 0.3) is 0 Å². The third kappa shape index (κ3) is 2.70. The van der Waals surface area contributed by atoms with Gasteiger partial charge in [0, 0.05) is 13.5 Å². The molecular formula is C8H13NO3S. The lowest BCUT2D eigenvalue weighted by molar-refractivity contribution is -0.144. The van der Waals surface area contributed by atoms with Crippen LogP contribution < -0.4 is 0 Å². The quantitative estimate of drug-likeness (QED) is 0.491. The highest BCUT2D eigenvalue weighted by atomic mass is 32.2. The van der Waals surface area contributed by atoms with Crippen LogP contribution in [0.2, 0.25) is 0 Å². The van der Waals surface area contributed by atoms with E-state index in [1.165, 1.54) is 14.0 Å². The van der Waals surface area contributed by atoms with Crippen molar-refractivity contribution in [1.29, 1.82) is 0 Å². The molecule has 1 saturated heterocycles. The Morgan fingerprint density at radius 2 is 2.23 bits per heavy atom. The van der Waals surface area contributed by atoms with Gasteiger partial charge in [-0.3, -0.25) is 9.59 Å². The van der Waals surface area contributed by atoms with Crippen molar-refractivity contribution in [3.8, 4) is 0 Å². The first-order chi connectivity index (χ1) is 6.15. The Morgan fingerprint density at radius 3 is 2.77 bits per heavy atom. The van der Waals surface area contributed by atoms with Crippen LogP contribution in [0.3, 0.4) is 0 Å². The summed E-state index contributed by atoms with van der Waals surface area (Å²) in [5.74, 6) is -0.244. The second-order valence-electron chi connectivity index (χ2n) is 2.90. The van der Waals surface area contributed by atoms with Gasteiger partial charge in [0.1, 0.15) is 6.04 Å². The predicted molar refractivity (Wildman–Crippen MR) is 50.0 cm³/mol. The number of carbonyl (C=O) groups excluding carboxylic acids is 2. The predicted octanol–water partition coefficient (Wildman–Crippen LogP) is 0.818. The number of ether oxygens (including phenoxy) is 1. The largest absolute Gasteiger partial charge is 0.468 e. The summed E-state index contributed by atoms with van der Waals surface area (Å²) < 4.78 is 6.44. The van der Waals surface area contributed by atoms with Gasteiger partial charge in [-0.05, 0) is 24.8 Å². The number of nitrogens with zero attached hydrogens (tertiary/aromatic N) is 1. The van der Waals surface area contributed by atoms with Crippen LogP contribution in [0.5, 0.6) is 0 Å². The smallest absolute Gasteiger partial charge is 0.324 e. The van der Waals surface area contributed by atoms with Crippen molar-refractivity contribution in [2.75, 3.05) is 13.7 Å². The van der Waals surface area contributed by atoms with Gasteiger partial charge < -0.3 is 4.74 Å². The topological polar surface area (TPSA) is 46.6 Å². The first-order valence-electron chi connectivity index (χ1n) is 4.18. The van der Waals surface area contributed by atoms with Crippen molar-refractivity contribution >= 4 is 23.0 Å². The number of rotatable bonds is 2. The molecule has 0 N–H and O–H groups in total. The van der Waals surface area contributed by atoms with Crippen LogP contribution in [0.1, 0.15) is 19.8 Å². The average Bonchev–Trinajstić information content (AvgIpc) is 2.50. The molecular weight excluding hydrogens is 190 g/mol. The molecule has 1 atom stereocenters. The van der Waals surface area contributed by atoms with Gasteiger partial charge in [0.05, 0.1) is 7.11 Å². The zero-order chi connectivity index (χ0) is 9.84. The first kappa shape index (κ1) is 10.5. The summed E-state index contributed by atoms with van der Waals surface area (Å²) in [4.78, 5) is 22.0. The van der Waals surface area contributed by atoms with Crippen molar-refractivity contribution in [2.45, 2.75) is 25.8 Å². The lowest BCUT2D eigenvalue weighted by Gasteiger charge is -2.18. The minimum Gasteiger partial charge on any atom is -0.468 e. The Morgan fingerprint density at radius 1 is 1.54 bits per heavy atom. The molecule has 1 heterocycles. The van der Waals surface area contributed by atoms with E-state index in [0.717, 1.165) is 31.3 Å². The Labute approximate surface area is 81.7 Å². The molecule has 0 aliphatic carbocycles. The number of esters is 1. The van der Waals surface area contributed by atoms with E-state index in [1.54, 1.807) is 4.31 Å². The summed E-state index contributed by atoms with van der Waals surface area (Å²) in [7, 11) is 1.37. The first-order valence-corrected chi connectivity index (χ1v) is 4.95. The molecule has 0 amide bonds. The number of methoxy groups -OCH3 is 1. The highest BCUT2D eigenvalue weighted by molar-refractivity contribution is 8.11. The molecule has 1 rings (SSSR count). The van der Waals surface area contributed by atoms with Crippen molar-refractivity contribution in [3.05, 3.63) is 0 Å². The zero-order valence-corrected chi connectivity index (χ0v) is 8.60. The van der Waals surface area contributed by atoms with E-state index < -0.39 is 0 Å². The van der Waals surface area contributed by atoms with Crippen LogP contribution in [0, 0.1) is 0 Å². The van der Waals surface area contributed by atoms with Gasteiger partial charge in [0.15, 0.2) is 0 Å². The number of hydrogen-bond donors (Lipinski definition) is 0. The van der Waals surface area contributed by atoms with Crippen LogP contribution in [0.4, 0.5) is 0 Å². The van der Waals surface area contributed by atoms with Gasteiger partial charge in [-0.1, -0.05) is 0 Å². The maximum absolute atomic E-state index is 11.2. The SMILES string of the molecule is COC(=O)C1CCCN1SC(C)=O. The van der Waals surface area contributed by atoms with Gasteiger partial charge >= 0.3 is 5.97 Å². The molecule has 0 radical (unpaired) electrons. The van der Waals surface area contributed by atoms with Crippen LogP contribution >= 0.6 is 11.9 Å². The second-order valence-corrected chi connectivity index (χ2v) is 4.13. The second kappa shape index (κ2) is 4.62. The summed E-state index contributed by atoms with van der Waals surface area (Å²) in [6.07, 6.45) is 1.73. The van der Waals surface area contributed by atoms with Gasteiger partial charge in [0.25, 0.3) is 0 Å². The van der Waals surface area contributed by atoms with Crippen molar-refractivity contribution < 1.29 is 14.3 Å². The van der Waals surface area contributed by atoms with Crippen molar-refractivity contribution in [2.24, 2.45) is 0 Å². The molecule has 5 heteroatoms. The third-order valence-electron chi connectivity index (χ3n) is 1.92. The van der Waals surface area contributed by atoms with Gasteiger partial charge in [0.2, 0.25) is 5.12 Å². The number of carbonyl (C=O) groups is 2. The van der Waals surface area contributed by atoms with E-state index in [9.17, 15) is 9.59 Å². The highest BCUT2D eigenvalue weighted by Gasteiger charge is 2.32. The van der Waals surface area contributed by atoms with Crippen molar-refractivity contribution in [3.63, 3.8) is 0 Å². The molecule has 1 aliphatic rings. The molecule has 1 unspecified atom stereocenters. The summed E-state index contributed by atoms with van der Waals surface area (Å²) in [5.41, 5.74) is 0. The summed E-state index contributed by atoms with van der Waals surface area (Å²) in [6.45, 7) is 2.28. The van der Waals surface area contributed by atoms with Gasteiger partial charge in [-0.15, -0.1) is 0 Å². The average molecular weight is 203 g/mol. The summed E-state index contributed by atoms with van der Waals surface area (Å²) in [5, 5.41) is 0.0100. The van der Waals surface area contributed by atoms with Crippen LogP contribution in [-0.2, 0) is 14.3 Å².